The van der Waals surface area contributed by atoms with Gasteiger partial charge in [-0.15, -0.1) is 0 Å². The van der Waals surface area contributed by atoms with Gasteiger partial charge in [0.25, 0.3) is 0 Å². The molecule has 0 bridgehead atoms. The van der Waals surface area contributed by atoms with E-state index in [-0.39, 0.29) is 5.82 Å². The molecular formula is C14H13FN4. The molecule has 3 rings (SSSR count). The van der Waals surface area contributed by atoms with Crippen LogP contribution < -0.4 is 4.90 Å². The van der Waals surface area contributed by atoms with Gasteiger partial charge in [0.1, 0.15) is 17.3 Å². The summed E-state index contributed by atoms with van der Waals surface area (Å²) in [5.74, 6) is 0.607. The number of pyridine rings is 2. The third-order valence-corrected chi connectivity index (χ3v) is 2.92. The van der Waals surface area contributed by atoms with Gasteiger partial charge in [0.2, 0.25) is 0 Å². The summed E-state index contributed by atoms with van der Waals surface area (Å²) in [5, 5.41) is 0. The number of anilines is 1. The van der Waals surface area contributed by atoms with Crippen LogP contribution in [-0.2, 0) is 0 Å². The number of imidazole rings is 1. The fraction of sp³-hybridized carbons (Fsp3) is 0.143. The smallest absolute Gasteiger partial charge is 0.139 e. The van der Waals surface area contributed by atoms with E-state index in [0.29, 0.717) is 5.65 Å². The summed E-state index contributed by atoms with van der Waals surface area (Å²) in [6.45, 7) is 0. The SMILES string of the molecule is CN(C)c1ccc(-c2cn3cc(F)ccc3n2)cn1. The Hall–Kier alpha value is -2.43. The molecular weight excluding hydrogens is 243 g/mol. The number of halogens is 1. The summed E-state index contributed by atoms with van der Waals surface area (Å²) in [4.78, 5) is 10.7. The van der Waals surface area contributed by atoms with E-state index < -0.39 is 0 Å². The molecule has 0 saturated carbocycles. The summed E-state index contributed by atoms with van der Waals surface area (Å²) < 4.78 is 14.8. The molecule has 0 aromatic carbocycles. The minimum absolute atomic E-state index is 0.280. The lowest BCUT2D eigenvalue weighted by Gasteiger charge is -2.10. The lowest BCUT2D eigenvalue weighted by Crippen LogP contribution is -2.09. The average Bonchev–Trinajstić information content (AvgIpc) is 2.81. The molecule has 0 aliphatic rings. The molecule has 0 unspecified atom stereocenters. The van der Waals surface area contributed by atoms with Gasteiger partial charge < -0.3 is 9.30 Å². The molecule has 3 heterocycles. The van der Waals surface area contributed by atoms with Crippen molar-refractivity contribution in [3.05, 3.63) is 48.7 Å². The maximum absolute atomic E-state index is 13.1. The zero-order valence-corrected chi connectivity index (χ0v) is 10.7. The fourth-order valence-electron chi connectivity index (χ4n) is 1.91. The number of fused-ring (bicyclic) bond motifs is 1. The Morgan fingerprint density at radius 2 is 1.95 bits per heavy atom. The largest absolute Gasteiger partial charge is 0.363 e. The van der Waals surface area contributed by atoms with Gasteiger partial charge in [0.15, 0.2) is 0 Å². The van der Waals surface area contributed by atoms with E-state index in [1.54, 1.807) is 22.9 Å². The lowest BCUT2D eigenvalue weighted by atomic mass is 10.2. The van der Waals surface area contributed by atoms with Crippen molar-refractivity contribution in [1.82, 2.24) is 14.4 Å². The number of rotatable bonds is 2. The van der Waals surface area contributed by atoms with E-state index in [0.717, 1.165) is 17.1 Å². The van der Waals surface area contributed by atoms with Crippen LogP contribution in [0.1, 0.15) is 0 Å². The molecule has 0 amide bonds. The molecule has 0 saturated heterocycles. The van der Waals surface area contributed by atoms with Gasteiger partial charge in [-0.1, -0.05) is 0 Å². The average molecular weight is 256 g/mol. The first-order valence-corrected chi connectivity index (χ1v) is 5.91. The lowest BCUT2D eigenvalue weighted by molar-refractivity contribution is 0.619. The second kappa shape index (κ2) is 4.35. The number of hydrogen-bond acceptors (Lipinski definition) is 3. The van der Waals surface area contributed by atoms with E-state index in [9.17, 15) is 4.39 Å². The molecule has 0 atom stereocenters. The van der Waals surface area contributed by atoms with Crippen LogP contribution in [0.4, 0.5) is 10.2 Å². The topological polar surface area (TPSA) is 33.4 Å². The minimum atomic E-state index is -0.280. The molecule has 5 heteroatoms. The fourth-order valence-corrected chi connectivity index (χ4v) is 1.91. The van der Waals surface area contributed by atoms with Gasteiger partial charge in [-0.25, -0.2) is 14.4 Å². The van der Waals surface area contributed by atoms with Crippen LogP contribution in [0.25, 0.3) is 16.9 Å². The monoisotopic (exact) mass is 256 g/mol. The highest BCUT2D eigenvalue weighted by Gasteiger charge is 2.06. The van der Waals surface area contributed by atoms with Gasteiger partial charge in [-0.2, -0.15) is 0 Å². The van der Waals surface area contributed by atoms with Crippen LogP contribution in [-0.4, -0.2) is 28.5 Å². The van der Waals surface area contributed by atoms with Gasteiger partial charge >= 0.3 is 0 Å². The summed E-state index contributed by atoms with van der Waals surface area (Å²) in [6.07, 6.45) is 4.98. The number of nitrogens with zero attached hydrogens (tertiary/aromatic N) is 4. The summed E-state index contributed by atoms with van der Waals surface area (Å²) in [6, 6.07) is 6.94. The van der Waals surface area contributed by atoms with Crippen LogP contribution in [0.2, 0.25) is 0 Å². The molecule has 0 fully saturated rings. The molecule has 0 N–H and O–H groups in total. The van der Waals surface area contributed by atoms with Crippen molar-refractivity contribution in [1.29, 1.82) is 0 Å². The van der Waals surface area contributed by atoms with Gasteiger partial charge in [0.05, 0.1) is 5.69 Å². The predicted octanol–water partition coefficient (Wildman–Crippen LogP) is 2.60. The molecule has 0 aliphatic heterocycles. The maximum atomic E-state index is 13.1. The van der Waals surface area contributed by atoms with Gasteiger partial charge in [0, 0.05) is 38.2 Å². The summed E-state index contributed by atoms with van der Waals surface area (Å²) >= 11 is 0. The molecule has 96 valence electrons. The highest BCUT2D eigenvalue weighted by Crippen LogP contribution is 2.20. The Kier molecular flexibility index (Phi) is 2.67. The third kappa shape index (κ3) is 2.14. The van der Waals surface area contributed by atoms with E-state index in [2.05, 4.69) is 9.97 Å². The van der Waals surface area contributed by atoms with Crippen LogP contribution in [0.3, 0.4) is 0 Å². The van der Waals surface area contributed by atoms with E-state index in [1.807, 2.05) is 31.1 Å². The molecule has 3 aromatic rings. The van der Waals surface area contributed by atoms with E-state index >= 15 is 0 Å². The van der Waals surface area contributed by atoms with Crippen molar-refractivity contribution in [2.45, 2.75) is 0 Å². The highest BCUT2D eigenvalue weighted by molar-refractivity contribution is 5.63. The second-order valence-corrected chi connectivity index (χ2v) is 4.54. The van der Waals surface area contributed by atoms with Crippen molar-refractivity contribution < 1.29 is 4.39 Å². The Morgan fingerprint density at radius 1 is 1.11 bits per heavy atom. The molecule has 0 aliphatic carbocycles. The van der Waals surface area contributed by atoms with Crippen molar-refractivity contribution in [2.24, 2.45) is 0 Å². The highest BCUT2D eigenvalue weighted by atomic mass is 19.1. The predicted molar refractivity (Wildman–Crippen MR) is 72.7 cm³/mol. The first-order valence-electron chi connectivity index (χ1n) is 5.91. The van der Waals surface area contributed by atoms with Crippen molar-refractivity contribution >= 4 is 11.5 Å². The van der Waals surface area contributed by atoms with Crippen LogP contribution in [0.5, 0.6) is 0 Å². The summed E-state index contributed by atoms with van der Waals surface area (Å²) in [5.41, 5.74) is 2.41. The van der Waals surface area contributed by atoms with Crippen molar-refractivity contribution in [2.75, 3.05) is 19.0 Å². The van der Waals surface area contributed by atoms with E-state index in [1.165, 1.54) is 12.3 Å². The van der Waals surface area contributed by atoms with Crippen LogP contribution in [0, 0.1) is 5.82 Å². The molecule has 0 radical (unpaired) electrons. The van der Waals surface area contributed by atoms with Gasteiger partial charge in [-0.05, 0) is 24.3 Å². The standard InChI is InChI=1S/C14H13FN4/c1-18(2)13-5-3-10(7-16-13)12-9-19-8-11(15)4-6-14(19)17-12/h3-9H,1-2H3. The minimum Gasteiger partial charge on any atom is -0.363 e. The maximum Gasteiger partial charge on any atom is 0.139 e. The second-order valence-electron chi connectivity index (χ2n) is 4.54. The van der Waals surface area contributed by atoms with Crippen molar-refractivity contribution in [3.63, 3.8) is 0 Å². The molecule has 0 spiro atoms. The van der Waals surface area contributed by atoms with Crippen LogP contribution in [0.15, 0.2) is 42.9 Å². The first-order chi connectivity index (χ1) is 9.13. The first kappa shape index (κ1) is 11.6. The van der Waals surface area contributed by atoms with Crippen LogP contribution >= 0.6 is 0 Å². The third-order valence-electron chi connectivity index (χ3n) is 2.92. The Balaban J connectivity index is 2.03. The Morgan fingerprint density at radius 3 is 2.63 bits per heavy atom. The Labute approximate surface area is 110 Å². The normalized spacial score (nSPS) is 10.9. The van der Waals surface area contributed by atoms with Crippen molar-refractivity contribution in [3.8, 4) is 11.3 Å². The Bertz CT molecular complexity index is 716. The zero-order chi connectivity index (χ0) is 13.4. The quantitative estimate of drug-likeness (QED) is 0.706. The van der Waals surface area contributed by atoms with E-state index in [4.69, 9.17) is 0 Å². The summed E-state index contributed by atoms with van der Waals surface area (Å²) in [7, 11) is 3.88. The molecule has 19 heavy (non-hydrogen) atoms. The molecule has 4 nitrogen and oxygen atoms in total. The van der Waals surface area contributed by atoms with Gasteiger partial charge in [-0.3, -0.25) is 0 Å². The number of aromatic nitrogens is 3. The molecule has 3 aromatic heterocycles. The zero-order valence-electron chi connectivity index (χ0n) is 10.7. The number of hydrogen-bond donors (Lipinski definition) is 0.